The van der Waals surface area contributed by atoms with Gasteiger partial charge in [0.15, 0.2) is 5.13 Å². The van der Waals surface area contributed by atoms with Gasteiger partial charge in [0.05, 0.1) is 9.48 Å². The fourth-order valence-electron chi connectivity index (χ4n) is 1.26. The van der Waals surface area contributed by atoms with Crippen LogP contribution in [-0.2, 0) is 6.42 Å². The lowest BCUT2D eigenvalue weighted by Crippen LogP contribution is -1.90. The number of aromatic nitrogens is 1. The summed E-state index contributed by atoms with van der Waals surface area (Å²) in [6, 6.07) is 6.38. The van der Waals surface area contributed by atoms with Gasteiger partial charge in [0, 0.05) is 6.42 Å². The molecule has 0 fully saturated rings. The molecule has 2 rings (SSSR count). The van der Waals surface area contributed by atoms with Gasteiger partial charge in [-0.15, -0.1) is 0 Å². The summed E-state index contributed by atoms with van der Waals surface area (Å²) in [5.41, 5.74) is 7.48. The van der Waals surface area contributed by atoms with E-state index in [1.165, 1.54) is 23.5 Å². The minimum atomic E-state index is -0.226. The van der Waals surface area contributed by atoms with E-state index >= 15 is 0 Å². The van der Waals surface area contributed by atoms with Crippen LogP contribution in [0.3, 0.4) is 0 Å². The maximum atomic E-state index is 12.7. The standard InChI is InChI=1S/C10H8BrFN2S/c11-9-8(14-10(13)15-9)5-6-1-3-7(12)4-2-6/h1-4H,5H2,(H2,13,14). The molecule has 2 nitrogen and oxygen atoms in total. The van der Waals surface area contributed by atoms with Crippen LogP contribution in [0, 0.1) is 5.82 Å². The third kappa shape index (κ3) is 2.54. The highest BCUT2D eigenvalue weighted by Crippen LogP contribution is 2.28. The first-order valence-electron chi connectivity index (χ1n) is 4.30. The second-order valence-corrected chi connectivity index (χ2v) is 5.42. The van der Waals surface area contributed by atoms with E-state index in [0.29, 0.717) is 11.6 Å². The Labute approximate surface area is 99.1 Å². The number of thiazole rings is 1. The van der Waals surface area contributed by atoms with Crippen LogP contribution >= 0.6 is 27.3 Å². The molecule has 0 saturated carbocycles. The number of nitrogen functional groups attached to an aromatic ring is 1. The van der Waals surface area contributed by atoms with Crippen LogP contribution in [0.4, 0.5) is 9.52 Å². The van der Waals surface area contributed by atoms with E-state index < -0.39 is 0 Å². The zero-order valence-electron chi connectivity index (χ0n) is 7.71. The summed E-state index contributed by atoms with van der Waals surface area (Å²) in [7, 11) is 0. The molecule has 15 heavy (non-hydrogen) atoms. The molecule has 0 saturated heterocycles. The predicted octanol–water partition coefficient (Wildman–Crippen LogP) is 3.22. The highest BCUT2D eigenvalue weighted by Gasteiger charge is 2.07. The van der Waals surface area contributed by atoms with Gasteiger partial charge >= 0.3 is 0 Å². The highest BCUT2D eigenvalue weighted by atomic mass is 79.9. The molecular weight excluding hydrogens is 279 g/mol. The number of rotatable bonds is 2. The normalized spacial score (nSPS) is 10.5. The molecule has 0 bridgehead atoms. The van der Waals surface area contributed by atoms with Crippen molar-refractivity contribution in [3.63, 3.8) is 0 Å². The molecule has 2 N–H and O–H groups in total. The molecule has 1 aromatic carbocycles. The summed E-state index contributed by atoms with van der Waals surface area (Å²) < 4.78 is 13.6. The summed E-state index contributed by atoms with van der Waals surface area (Å²) in [4.78, 5) is 4.18. The topological polar surface area (TPSA) is 38.9 Å². The van der Waals surface area contributed by atoms with Gasteiger partial charge in [-0.1, -0.05) is 23.5 Å². The number of halogens is 2. The lowest BCUT2D eigenvalue weighted by atomic mass is 10.1. The Morgan fingerprint density at radius 2 is 2.00 bits per heavy atom. The molecule has 0 aliphatic rings. The van der Waals surface area contributed by atoms with E-state index in [4.69, 9.17) is 5.73 Å². The molecule has 2 aromatic rings. The Hall–Kier alpha value is -0.940. The minimum absolute atomic E-state index is 0.226. The van der Waals surface area contributed by atoms with Crippen LogP contribution in [0.5, 0.6) is 0 Å². The minimum Gasteiger partial charge on any atom is -0.375 e. The number of hydrogen-bond acceptors (Lipinski definition) is 3. The van der Waals surface area contributed by atoms with Gasteiger partial charge in [0.25, 0.3) is 0 Å². The Bertz CT molecular complexity index is 467. The van der Waals surface area contributed by atoms with Gasteiger partial charge in [-0.3, -0.25) is 0 Å². The maximum absolute atomic E-state index is 12.7. The van der Waals surface area contributed by atoms with Gasteiger partial charge in [0.1, 0.15) is 5.82 Å². The van der Waals surface area contributed by atoms with E-state index in [1.807, 2.05) is 0 Å². The van der Waals surface area contributed by atoms with E-state index in [2.05, 4.69) is 20.9 Å². The highest BCUT2D eigenvalue weighted by molar-refractivity contribution is 9.11. The molecule has 0 amide bonds. The van der Waals surface area contributed by atoms with Crippen LogP contribution in [0.1, 0.15) is 11.3 Å². The Kier molecular flexibility index (Phi) is 3.02. The second kappa shape index (κ2) is 4.28. The van der Waals surface area contributed by atoms with E-state index in [0.717, 1.165) is 15.0 Å². The van der Waals surface area contributed by atoms with Crippen LogP contribution < -0.4 is 5.73 Å². The summed E-state index contributed by atoms with van der Waals surface area (Å²) >= 11 is 4.79. The summed E-state index contributed by atoms with van der Waals surface area (Å²) in [6.07, 6.45) is 0.661. The van der Waals surface area contributed by atoms with Gasteiger partial charge in [0.2, 0.25) is 0 Å². The number of nitrogens with zero attached hydrogens (tertiary/aromatic N) is 1. The van der Waals surface area contributed by atoms with Gasteiger partial charge < -0.3 is 5.73 Å². The molecule has 0 atom stereocenters. The molecule has 5 heteroatoms. The van der Waals surface area contributed by atoms with Crippen molar-refractivity contribution in [2.75, 3.05) is 5.73 Å². The van der Waals surface area contributed by atoms with Crippen molar-refractivity contribution >= 4 is 32.4 Å². The molecule has 0 aliphatic carbocycles. The number of nitrogens with two attached hydrogens (primary N) is 1. The van der Waals surface area contributed by atoms with Crippen LogP contribution in [0.15, 0.2) is 28.1 Å². The molecule has 0 radical (unpaired) electrons. The molecule has 78 valence electrons. The average molecular weight is 287 g/mol. The van der Waals surface area contributed by atoms with E-state index in [9.17, 15) is 4.39 Å². The van der Waals surface area contributed by atoms with Gasteiger partial charge in [-0.2, -0.15) is 0 Å². The first-order valence-corrected chi connectivity index (χ1v) is 5.91. The summed E-state index contributed by atoms with van der Waals surface area (Å²) in [6.45, 7) is 0. The lowest BCUT2D eigenvalue weighted by molar-refractivity contribution is 0.627. The second-order valence-electron chi connectivity index (χ2n) is 3.08. The monoisotopic (exact) mass is 286 g/mol. The number of hydrogen-bond donors (Lipinski definition) is 1. The lowest BCUT2D eigenvalue weighted by Gasteiger charge is -1.98. The third-order valence-electron chi connectivity index (χ3n) is 1.95. The van der Waals surface area contributed by atoms with Crippen molar-refractivity contribution in [1.29, 1.82) is 0 Å². The van der Waals surface area contributed by atoms with Crippen LogP contribution in [0.2, 0.25) is 0 Å². The first kappa shape index (κ1) is 10.6. The van der Waals surface area contributed by atoms with E-state index in [-0.39, 0.29) is 5.82 Å². The van der Waals surface area contributed by atoms with Crippen molar-refractivity contribution < 1.29 is 4.39 Å². The maximum Gasteiger partial charge on any atom is 0.181 e. The zero-order valence-corrected chi connectivity index (χ0v) is 10.1. The van der Waals surface area contributed by atoms with Crippen LogP contribution in [0.25, 0.3) is 0 Å². The zero-order chi connectivity index (χ0) is 10.8. The fraction of sp³-hybridized carbons (Fsp3) is 0.100. The van der Waals surface area contributed by atoms with Crippen molar-refractivity contribution in [2.45, 2.75) is 6.42 Å². The van der Waals surface area contributed by atoms with Crippen molar-refractivity contribution in [2.24, 2.45) is 0 Å². The van der Waals surface area contributed by atoms with Crippen molar-refractivity contribution in [1.82, 2.24) is 4.98 Å². The fourth-order valence-corrected chi connectivity index (χ4v) is 2.56. The molecule has 1 aromatic heterocycles. The summed E-state index contributed by atoms with van der Waals surface area (Å²) in [5, 5.41) is 0.541. The summed E-state index contributed by atoms with van der Waals surface area (Å²) in [5.74, 6) is -0.226. The molecule has 0 aliphatic heterocycles. The predicted molar refractivity (Wildman–Crippen MR) is 63.4 cm³/mol. The van der Waals surface area contributed by atoms with E-state index in [1.54, 1.807) is 12.1 Å². The van der Waals surface area contributed by atoms with Crippen LogP contribution in [-0.4, -0.2) is 4.98 Å². The molecule has 0 unspecified atom stereocenters. The quantitative estimate of drug-likeness (QED) is 0.921. The molecule has 0 spiro atoms. The largest absolute Gasteiger partial charge is 0.375 e. The van der Waals surface area contributed by atoms with Gasteiger partial charge in [-0.05, 0) is 33.6 Å². The number of anilines is 1. The molecular formula is C10H8BrFN2S. The first-order chi connectivity index (χ1) is 7.15. The third-order valence-corrected chi connectivity index (χ3v) is 3.61. The smallest absolute Gasteiger partial charge is 0.181 e. The van der Waals surface area contributed by atoms with Gasteiger partial charge in [-0.25, -0.2) is 9.37 Å². The number of benzene rings is 1. The Morgan fingerprint density at radius 3 is 2.53 bits per heavy atom. The Morgan fingerprint density at radius 1 is 1.33 bits per heavy atom. The van der Waals surface area contributed by atoms with Crippen molar-refractivity contribution in [3.8, 4) is 0 Å². The Balaban J connectivity index is 2.21. The molecule has 1 heterocycles. The average Bonchev–Trinajstić information content (AvgIpc) is 2.49. The SMILES string of the molecule is Nc1nc(Cc2ccc(F)cc2)c(Br)s1. The van der Waals surface area contributed by atoms with Crippen molar-refractivity contribution in [3.05, 3.63) is 45.1 Å².